The molecule has 0 bridgehead atoms. The number of rotatable bonds is 6. The third kappa shape index (κ3) is 4.66. The fourth-order valence-electron chi connectivity index (χ4n) is 3.58. The Balaban J connectivity index is 1.64. The van der Waals surface area contributed by atoms with Crippen LogP contribution in [0.4, 0.5) is 0 Å². The molecule has 0 N–H and O–H groups in total. The Hall–Kier alpha value is -1.67. The van der Waals surface area contributed by atoms with Gasteiger partial charge >= 0.3 is 0 Å². The zero-order valence-electron chi connectivity index (χ0n) is 16.6. The van der Waals surface area contributed by atoms with Gasteiger partial charge in [-0.2, -0.15) is 5.10 Å². The van der Waals surface area contributed by atoms with E-state index in [1.165, 1.54) is 12.8 Å². The van der Waals surface area contributed by atoms with Gasteiger partial charge in [0.15, 0.2) is 4.90 Å². The monoisotopic (exact) mass is 400 g/mol. The van der Waals surface area contributed by atoms with E-state index in [-0.39, 0.29) is 5.56 Å². The predicted octanol–water partition coefficient (Wildman–Crippen LogP) is 1.81. The zero-order chi connectivity index (χ0) is 19.7. The van der Waals surface area contributed by atoms with Crippen LogP contribution in [0.3, 0.4) is 0 Å². The first-order chi connectivity index (χ1) is 13.5. The van der Waals surface area contributed by atoms with Gasteiger partial charge in [-0.15, -0.1) is 0 Å². The van der Waals surface area contributed by atoms with Gasteiger partial charge in [0.2, 0.25) is 0 Å². The summed E-state index contributed by atoms with van der Waals surface area (Å²) in [6.07, 6.45) is 4.05. The van der Waals surface area contributed by atoms with Gasteiger partial charge < -0.3 is 9.45 Å². The minimum Gasteiger partial charge on any atom is -0.612 e. The molecule has 28 heavy (non-hydrogen) atoms. The number of nitrogens with zero attached hydrogens (tertiary/aromatic N) is 4. The lowest BCUT2D eigenvalue weighted by molar-refractivity contribution is 0.147. The molecule has 6 nitrogen and oxygen atoms in total. The molecular formula is C21H28N4O2S. The molecule has 0 spiro atoms. The SMILES string of the molecule is CN1CCN(Cc2cc(-c3ccc([S+](C)[O-])cc3)nn(CC3CC3)c2=O)CC1. The van der Waals surface area contributed by atoms with Crippen LogP contribution in [0.25, 0.3) is 11.3 Å². The summed E-state index contributed by atoms with van der Waals surface area (Å²) < 4.78 is 13.3. The Morgan fingerprint density at radius 1 is 1.14 bits per heavy atom. The molecule has 1 aliphatic carbocycles. The fraction of sp³-hybridized carbons (Fsp3) is 0.524. The van der Waals surface area contributed by atoms with Crippen LogP contribution >= 0.6 is 0 Å². The smallest absolute Gasteiger partial charge is 0.271 e. The quantitative estimate of drug-likeness (QED) is 0.692. The van der Waals surface area contributed by atoms with Crippen molar-refractivity contribution in [3.63, 3.8) is 0 Å². The van der Waals surface area contributed by atoms with E-state index in [2.05, 4.69) is 21.9 Å². The van der Waals surface area contributed by atoms with Crippen LogP contribution in [0.5, 0.6) is 0 Å². The van der Waals surface area contributed by atoms with E-state index in [1.807, 2.05) is 30.3 Å². The highest BCUT2D eigenvalue weighted by Gasteiger charge is 2.24. The summed E-state index contributed by atoms with van der Waals surface area (Å²) in [5.74, 6) is 0.585. The minimum atomic E-state index is -1.000. The van der Waals surface area contributed by atoms with Crippen LogP contribution in [0.1, 0.15) is 18.4 Å². The Bertz CT molecular complexity index is 869. The number of hydrogen-bond donors (Lipinski definition) is 0. The van der Waals surface area contributed by atoms with E-state index in [4.69, 9.17) is 0 Å². The van der Waals surface area contributed by atoms with E-state index in [1.54, 1.807) is 10.9 Å². The van der Waals surface area contributed by atoms with Gasteiger partial charge in [-0.05, 0) is 67.3 Å². The molecule has 1 unspecified atom stereocenters. The van der Waals surface area contributed by atoms with Gasteiger partial charge in [0.05, 0.1) is 5.69 Å². The average Bonchev–Trinajstić information content (AvgIpc) is 3.51. The van der Waals surface area contributed by atoms with Crippen molar-refractivity contribution in [3.05, 3.63) is 46.2 Å². The van der Waals surface area contributed by atoms with Crippen LogP contribution in [0.2, 0.25) is 0 Å². The number of hydrogen-bond acceptors (Lipinski definition) is 5. The van der Waals surface area contributed by atoms with Gasteiger partial charge in [-0.3, -0.25) is 9.69 Å². The maximum Gasteiger partial charge on any atom is 0.271 e. The molecule has 1 aromatic heterocycles. The number of aromatic nitrogens is 2. The van der Waals surface area contributed by atoms with Crippen molar-refractivity contribution < 1.29 is 4.55 Å². The van der Waals surface area contributed by atoms with Gasteiger partial charge in [0.1, 0.15) is 6.26 Å². The van der Waals surface area contributed by atoms with Crippen LogP contribution in [0, 0.1) is 5.92 Å². The van der Waals surface area contributed by atoms with Gasteiger partial charge in [-0.25, -0.2) is 4.68 Å². The molecule has 1 saturated heterocycles. The van der Waals surface area contributed by atoms with Crippen molar-refractivity contribution in [2.45, 2.75) is 30.8 Å². The molecule has 2 aromatic rings. The van der Waals surface area contributed by atoms with Crippen LogP contribution in [-0.2, 0) is 24.3 Å². The van der Waals surface area contributed by atoms with E-state index >= 15 is 0 Å². The summed E-state index contributed by atoms with van der Waals surface area (Å²) in [7, 11) is 2.14. The first-order valence-electron chi connectivity index (χ1n) is 9.95. The Labute approximate surface area is 169 Å². The van der Waals surface area contributed by atoms with Crippen molar-refractivity contribution in [2.24, 2.45) is 5.92 Å². The highest BCUT2D eigenvalue weighted by Crippen LogP contribution is 2.30. The topological polar surface area (TPSA) is 64.4 Å². The van der Waals surface area contributed by atoms with Crippen LogP contribution in [-0.4, -0.2) is 63.6 Å². The Morgan fingerprint density at radius 3 is 2.43 bits per heavy atom. The second-order valence-corrected chi connectivity index (χ2v) is 9.42. The molecule has 1 aliphatic heterocycles. The highest BCUT2D eigenvalue weighted by molar-refractivity contribution is 7.90. The second-order valence-electron chi connectivity index (χ2n) is 8.04. The van der Waals surface area contributed by atoms with Gasteiger partial charge in [-0.1, -0.05) is 0 Å². The molecule has 0 radical (unpaired) electrons. The molecule has 7 heteroatoms. The summed E-state index contributed by atoms with van der Waals surface area (Å²) in [5, 5.41) is 4.66. The molecule has 2 fully saturated rings. The lowest BCUT2D eigenvalue weighted by atomic mass is 10.1. The maximum absolute atomic E-state index is 13.0. The molecular weight excluding hydrogens is 372 g/mol. The summed E-state index contributed by atoms with van der Waals surface area (Å²) in [6.45, 7) is 5.40. The molecule has 1 aromatic carbocycles. The molecule has 150 valence electrons. The first-order valence-corrected chi connectivity index (χ1v) is 11.5. The molecule has 2 heterocycles. The van der Waals surface area contributed by atoms with E-state index < -0.39 is 11.2 Å². The summed E-state index contributed by atoms with van der Waals surface area (Å²) in [5.41, 5.74) is 2.63. The van der Waals surface area contributed by atoms with E-state index in [0.29, 0.717) is 19.0 Å². The van der Waals surface area contributed by atoms with Crippen LogP contribution < -0.4 is 5.56 Å². The number of piperazine rings is 1. The largest absolute Gasteiger partial charge is 0.612 e. The van der Waals surface area contributed by atoms with Crippen molar-refractivity contribution in [2.75, 3.05) is 39.5 Å². The summed E-state index contributed by atoms with van der Waals surface area (Å²) >= 11 is -1.000. The fourth-order valence-corrected chi connectivity index (χ4v) is 4.10. The Morgan fingerprint density at radius 2 is 1.82 bits per heavy atom. The van der Waals surface area contributed by atoms with E-state index in [0.717, 1.165) is 47.9 Å². The standard InChI is InChI=1S/C21H28N4O2S/c1-23-9-11-24(12-10-23)15-18-13-20(17-5-7-19(8-6-17)28(2)27)22-25(21(18)26)14-16-3-4-16/h5-8,13,16H,3-4,9-12,14-15H2,1-2H3. The Kier molecular flexibility index (Phi) is 5.87. The number of likely N-dealkylation sites (N-methyl/N-ethyl adjacent to an activating group) is 1. The van der Waals surface area contributed by atoms with Gasteiger partial charge in [0, 0.05) is 50.4 Å². The minimum absolute atomic E-state index is 0.0425. The summed E-state index contributed by atoms with van der Waals surface area (Å²) in [6, 6.07) is 9.60. The third-order valence-corrected chi connectivity index (χ3v) is 6.58. The summed E-state index contributed by atoms with van der Waals surface area (Å²) in [4.78, 5) is 18.5. The first kappa shape index (κ1) is 19.6. The van der Waals surface area contributed by atoms with Crippen LogP contribution in [0.15, 0.2) is 40.0 Å². The molecule has 0 amide bonds. The molecule has 1 saturated carbocycles. The van der Waals surface area contributed by atoms with Crippen molar-refractivity contribution >= 4 is 11.2 Å². The highest BCUT2D eigenvalue weighted by atomic mass is 32.2. The van der Waals surface area contributed by atoms with Crippen molar-refractivity contribution in [1.29, 1.82) is 0 Å². The normalized spacial score (nSPS) is 19.7. The second kappa shape index (κ2) is 8.37. The average molecular weight is 401 g/mol. The van der Waals surface area contributed by atoms with Crippen molar-refractivity contribution in [1.82, 2.24) is 19.6 Å². The number of benzene rings is 1. The molecule has 4 rings (SSSR count). The lowest BCUT2D eigenvalue weighted by Crippen LogP contribution is -2.45. The maximum atomic E-state index is 13.0. The lowest BCUT2D eigenvalue weighted by Gasteiger charge is -2.32. The zero-order valence-corrected chi connectivity index (χ0v) is 17.5. The predicted molar refractivity (Wildman–Crippen MR) is 112 cm³/mol. The van der Waals surface area contributed by atoms with E-state index in [9.17, 15) is 9.35 Å². The molecule has 1 atom stereocenters. The van der Waals surface area contributed by atoms with Gasteiger partial charge in [0.25, 0.3) is 5.56 Å². The van der Waals surface area contributed by atoms with Crippen molar-refractivity contribution in [3.8, 4) is 11.3 Å². The third-order valence-electron chi connectivity index (χ3n) is 5.65. The molecule has 2 aliphatic rings.